The Morgan fingerprint density at radius 2 is 1.79 bits per heavy atom. The van der Waals surface area contributed by atoms with Gasteiger partial charge < -0.3 is 20.6 Å². The summed E-state index contributed by atoms with van der Waals surface area (Å²) in [5.74, 6) is -0.506. The molecule has 7 nitrogen and oxygen atoms in total. The van der Waals surface area contributed by atoms with Crippen molar-refractivity contribution in [3.05, 3.63) is 47.4 Å². The van der Waals surface area contributed by atoms with Crippen molar-refractivity contribution in [1.82, 2.24) is 25.4 Å². The molecule has 0 saturated carbocycles. The standard InChI is InChI=1S/C18H13F4N5O.C5H11N/c1-7-15(8(2)28-27-7)10-4-14-9(3-13(10)19)11(5-24-14)16-12(18(20,21)22)6-25-17(23)26-16;1-2-4-6-5-3-1/h3-6,24H,1-2H3,(H2,23,25,26);6H,1-5H2. The summed E-state index contributed by atoms with van der Waals surface area (Å²) in [5, 5.41) is 7.32. The summed E-state index contributed by atoms with van der Waals surface area (Å²) in [6, 6.07) is 2.65. The molecule has 1 fully saturated rings. The number of nitrogen functional groups attached to an aromatic ring is 1. The zero-order valence-electron chi connectivity index (χ0n) is 18.7. The lowest BCUT2D eigenvalue weighted by Crippen LogP contribution is -2.21. The number of anilines is 1. The number of fused-ring (bicyclic) bond motifs is 1. The van der Waals surface area contributed by atoms with Crippen molar-refractivity contribution in [2.75, 3.05) is 18.8 Å². The molecule has 0 amide bonds. The van der Waals surface area contributed by atoms with Gasteiger partial charge in [-0.3, -0.25) is 0 Å². The second-order valence-electron chi connectivity index (χ2n) is 8.08. The number of aromatic amines is 1. The maximum Gasteiger partial charge on any atom is 0.419 e. The number of rotatable bonds is 2. The van der Waals surface area contributed by atoms with E-state index in [-0.39, 0.29) is 22.5 Å². The first kappa shape index (κ1) is 23.7. The number of benzene rings is 1. The van der Waals surface area contributed by atoms with Crippen LogP contribution in [0.15, 0.2) is 29.0 Å². The van der Waals surface area contributed by atoms with Crippen molar-refractivity contribution < 1.29 is 22.1 Å². The van der Waals surface area contributed by atoms with E-state index in [0.29, 0.717) is 28.7 Å². The van der Waals surface area contributed by atoms with E-state index in [2.05, 4.69) is 25.4 Å². The van der Waals surface area contributed by atoms with Crippen molar-refractivity contribution in [3.8, 4) is 22.4 Å². The van der Waals surface area contributed by atoms with Crippen molar-refractivity contribution in [3.63, 3.8) is 0 Å². The SMILES string of the molecule is C1CCNCC1.Cc1noc(C)c1-c1cc2[nH]cc(-c3nc(N)ncc3C(F)(F)F)c2cc1F. The molecule has 4 heterocycles. The Labute approximate surface area is 192 Å². The van der Waals surface area contributed by atoms with Crippen LogP contribution in [0.25, 0.3) is 33.3 Å². The van der Waals surface area contributed by atoms with Gasteiger partial charge in [0.1, 0.15) is 17.1 Å². The highest BCUT2D eigenvalue weighted by Gasteiger charge is 2.36. The van der Waals surface area contributed by atoms with Crippen molar-refractivity contribution in [1.29, 1.82) is 0 Å². The molecular formula is C23H24F4N6O. The van der Waals surface area contributed by atoms with E-state index < -0.39 is 23.3 Å². The molecule has 4 N–H and O–H groups in total. The molecule has 0 aliphatic carbocycles. The summed E-state index contributed by atoms with van der Waals surface area (Å²) in [6.45, 7) is 5.83. The van der Waals surface area contributed by atoms with Crippen LogP contribution in [0.4, 0.5) is 23.5 Å². The van der Waals surface area contributed by atoms with Crippen LogP contribution in [-0.4, -0.2) is 33.2 Å². The highest BCUT2D eigenvalue weighted by molar-refractivity contribution is 5.97. The monoisotopic (exact) mass is 476 g/mol. The smallest absolute Gasteiger partial charge is 0.368 e. The van der Waals surface area contributed by atoms with Gasteiger partial charge in [-0.05, 0) is 51.9 Å². The number of nitrogens with zero attached hydrogens (tertiary/aromatic N) is 3. The number of alkyl halides is 3. The fraction of sp³-hybridized carbons (Fsp3) is 0.348. The minimum Gasteiger partial charge on any atom is -0.368 e. The van der Waals surface area contributed by atoms with E-state index in [0.717, 1.165) is 6.07 Å². The maximum absolute atomic E-state index is 14.9. The molecule has 0 bridgehead atoms. The summed E-state index contributed by atoms with van der Waals surface area (Å²) < 4.78 is 60.0. The van der Waals surface area contributed by atoms with E-state index in [1.165, 1.54) is 44.6 Å². The van der Waals surface area contributed by atoms with Gasteiger partial charge in [0.15, 0.2) is 0 Å². The summed E-state index contributed by atoms with van der Waals surface area (Å²) in [5.41, 5.74) is 5.74. The predicted molar refractivity (Wildman–Crippen MR) is 120 cm³/mol. The lowest BCUT2D eigenvalue weighted by atomic mass is 9.99. The zero-order valence-corrected chi connectivity index (χ0v) is 18.7. The number of aryl methyl sites for hydroxylation is 2. The largest absolute Gasteiger partial charge is 0.419 e. The molecular weight excluding hydrogens is 452 g/mol. The van der Waals surface area contributed by atoms with E-state index in [9.17, 15) is 17.6 Å². The number of hydrogen-bond acceptors (Lipinski definition) is 6. The molecule has 1 aliphatic heterocycles. The van der Waals surface area contributed by atoms with Crippen LogP contribution in [-0.2, 0) is 6.18 Å². The Hall–Kier alpha value is -3.47. The Bertz CT molecular complexity index is 1280. The number of nitrogens with one attached hydrogen (secondary N) is 2. The van der Waals surface area contributed by atoms with Gasteiger partial charge in [-0.1, -0.05) is 11.6 Å². The van der Waals surface area contributed by atoms with E-state index >= 15 is 0 Å². The Morgan fingerprint density at radius 1 is 1.06 bits per heavy atom. The minimum absolute atomic E-state index is 0.0700. The summed E-state index contributed by atoms with van der Waals surface area (Å²) in [6.07, 6.45) is 1.47. The normalized spacial score (nSPS) is 14.2. The summed E-state index contributed by atoms with van der Waals surface area (Å²) in [4.78, 5) is 10.0. The molecule has 0 spiro atoms. The molecule has 1 saturated heterocycles. The first-order valence-electron chi connectivity index (χ1n) is 10.8. The van der Waals surface area contributed by atoms with E-state index in [1.54, 1.807) is 13.8 Å². The topological polar surface area (TPSA) is 106 Å². The lowest BCUT2D eigenvalue weighted by molar-refractivity contribution is -0.137. The van der Waals surface area contributed by atoms with Crippen molar-refractivity contribution in [2.45, 2.75) is 39.3 Å². The fourth-order valence-corrected chi connectivity index (χ4v) is 4.01. The van der Waals surface area contributed by atoms with Gasteiger partial charge in [0, 0.05) is 34.4 Å². The first-order chi connectivity index (χ1) is 16.2. The van der Waals surface area contributed by atoms with Gasteiger partial charge in [0.25, 0.3) is 0 Å². The highest BCUT2D eigenvalue weighted by atomic mass is 19.4. The third-order valence-electron chi connectivity index (χ3n) is 5.65. The summed E-state index contributed by atoms with van der Waals surface area (Å²) >= 11 is 0. The molecule has 0 radical (unpaired) electrons. The van der Waals surface area contributed by atoms with Gasteiger partial charge in [0.05, 0.1) is 17.0 Å². The predicted octanol–water partition coefficient (Wildman–Crippen LogP) is 5.40. The van der Waals surface area contributed by atoms with Crippen LogP contribution in [0.5, 0.6) is 0 Å². The number of H-pyrrole nitrogens is 1. The molecule has 4 aromatic rings. The van der Waals surface area contributed by atoms with Crippen molar-refractivity contribution >= 4 is 16.9 Å². The summed E-state index contributed by atoms with van der Waals surface area (Å²) in [7, 11) is 0. The van der Waals surface area contributed by atoms with Crippen molar-refractivity contribution in [2.24, 2.45) is 0 Å². The van der Waals surface area contributed by atoms with Gasteiger partial charge >= 0.3 is 6.18 Å². The van der Waals surface area contributed by atoms with Crippen LogP contribution >= 0.6 is 0 Å². The van der Waals surface area contributed by atoms with E-state index in [1.807, 2.05) is 0 Å². The second kappa shape index (κ2) is 9.41. The number of nitrogens with two attached hydrogens (primary N) is 1. The highest BCUT2D eigenvalue weighted by Crippen LogP contribution is 2.40. The van der Waals surface area contributed by atoms with Gasteiger partial charge in [-0.15, -0.1) is 0 Å². The molecule has 180 valence electrons. The lowest BCUT2D eigenvalue weighted by Gasteiger charge is -2.11. The average Bonchev–Trinajstić information content (AvgIpc) is 3.36. The number of hydrogen-bond donors (Lipinski definition) is 3. The van der Waals surface area contributed by atoms with Gasteiger partial charge in [-0.2, -0.15) is 13.2 Å². The van der Waals surface area contributed by atoms with Crippen LogP contribution in [0, 0.1) is 19.7 Å². The molecule has 1 aromatic carbocycles. The minimum atomic E-state index is -4.69. The molecule has 3 aromatic heterocycles. The quantitative estimate of drug-likeness (QED) is 0.335. The van der Waals surface area contributed by atoms with Gasteiger partial charge in [0.2, 0.25) is 5.95 Å². The second-order valence-corrected chi connectivity index (χ2v) is 8.08. The molecule has 0 atom stereocenters. The molecule has 1 aliphatic rings. The molecule has 0 unspecified atom stereocenters. The first-order valence-corrected chi connectivity index (χ1v) is 10.8. The number of halogens is 4. The van der Waals surface area contributed by atoms with Crippen LogP contribution in [0.2, 0.25) is 0 Å². The number of piperidine rings is 1. The fourth-order valence-electron chi connectivity index (χ4n) is 4.01. The molecule has 11 heteroatoms. The average molecular weight is 476 g/mol. The third kappa shape index (κ3) is 4.74. The van der Waals surface area contributed by atoms with E-state index in [4.69, 9.17) is 10.3 Å². The zero-order chi connectivity index (χ0) is 24.5. The number of aromatic nitrogens is 4. The maximum atomic E-state index is 14.9. The third-order valence-corrected chi connectivity index (χ3v) is 5.65. The van der Waals surface area contributed by atoms with Crippen LogP contribution < -0.4 is 11.1 Å². The Morgan fingerprint density at radius 3 is 2.35 bits per heavy atom. The molecule has 5 rings (SSSR count). The van der Waals surface area contributed by atoms with Crippen LogP contribution in [0.3, 0.4) is 0 Å². The Balaban J connectivity index is 0.000000398. The van der Waals surface area contributed by atoms with Gasteiger partial charge in [-0.25, -0.2) is 14.4 Å². The Kier molecular flexibility index (Phi) is 6.56. The molecule has 34 heavy (non-hydrogen) atoms. The van der Waals surface area contributed by atoms with Crippen LogP contribution in [0.1, 0.15) is 36.3 Å².